The average Bonchev–Trinajstić information content (AvgIpc) is 2.76. The van der Waals surface area contributed by atoms with Crippen molar-refractivity contribution in [1.82, 2.24) is 9.78 Å². The van der Waals surface area contributed by atoms with Gasteiger partial charge in [-0.25, -0.2) is 4.68 Å². The fraction of sp³-hybridized carbons (Fsp3) is 0.400. The van der Waals surface area contributed by atoms with Crippen molar-refractivity contribution in [3.8, 4) is 5.69 Å². The molecule has 3 nitrogen and oxygen atoms in total. The van der Waals surface area contributed by atoms with Crippen LogP contribution >= 0.6 is 0 Å². The van der Waals surface area contributed by atoms with Gasteiger partial charge in [-0.2, -0.15) is 5.10 Å². The summed E-state index contributed by atoms with van der Waals surface area (Å²) in [6.07, 6.45) is 7.65. The Labute approximate surface area is 108 Å². The van der Waals surface area contributed by atoms with E-state index in [9.17, 15) is 0 Å². The third-order valence-electron chi connectivity index (χ3n) is 4.14. The van der Waals surface area contributed by atoms with Gasteiger partial charge in [0, 0.05) is 18.2 Å². The zero-order chi connectivity index (χ0) is 12.6. The molecule has 3 rings (SSSR count). The Hall–Kier alpha value is -1.61. The fourth-order valence-electron chi connectivity index (χ4n) is 2.75. The summed E-state index contributed by atoms with van der Waals surface area (Å²) in [4.78, 5) is 0. The highest BCUT2D eigenvalue weighted by atomic mass is 15.3. The second kappa shape index (κ2) is 4.25. The highest BCUT2D eigenvalue weighted by molar-refractivity contribution is 5.40. The molecule has 3 heteroatoms. The third-order valence-corrected chi connectivity index (χ3v) is 4.14. The number of hydrogen-bond acceptors (Lipinski definition) is 2. The Balaban J connectivity index is 1.99. The average molecular weight is 241 g/mol. The van der Waals surface area contributed by atoms with Crippen LogP contribution in [0.3, 0.4) is 0 Å². The Morgan fingerprint density at radius 1 is 1.39 bits per heavy atom. The number of benzene rings is 1. The lowest BCUT2D eigenvalue weighted by molar-refractivity contribution is 0.253. The van der Waals surface area contributed by atoms with Gasteiger partial charge in [0.1, 0.15) is 0 Å². The van der Waals surface area contributed by atoms with Crippen molar-refractivity contribution in [2.45, 2.75) is 31.6 Å². The number of rotatable bonds is 3. The van der Waals surface area contributed by atoms with Gasteiger partial charge >= 0.3 is 0 Å². The van der Waals surface area contributed by atoms with E-state index < -0.39 is 0 Å². The highest BCUT2D eigenvalue weighted by Crippen LogP contribution is 2.43. The maximum Gasteiger partial charge on any atom is 0.0648 e. The number of aryl methyl sites for hydroxylation is 1. The van der Waals surface area contributed by atoms with E-state index in [0.717, 1.165) is 12.2 Å². The van der Waals surface area contributed by atoms with E-state index in [4.69, 9.17) is 5.73 Å². The van der Waals surface area contributed by atoms with Crippen LogP contribution in [-0.2, 0) is 5.41 Å². The van der Waals surface area contributed by atoms with Crippen molar-refractivity contribution in [3.05, 3.63) is 47.8 Å². The molecule has 1 aromatic heterocycles. The molecule has 0 radical (unpaired) electrons. The van der Waals surface area contributed by atoms with Gasteiger partial charge in [-0.1, -0.05) is 18.6 Å². The third kappa shape index (κ3) is 1.75. The molecule has 1 heterocycles. The predicted molar refractivity (Wildman–Crippen MR) is 72.9 cm³/mol. The van der Waals surface area contributed by atoms with Crippen LogP contribution in [0.4, 0.5) is 0 Å². The van der Waals surface area contributed by atoms with Gasteiger partial charge in [0.05, 0.1) is 11.9 Å². The summed E-state index contributed by atoms with van der Waals surface area (Å²) in [6, 6.07) is 8.64. The summed E-state index contributed by atoms with van der Waals surface area (Å²) < 4.78 is 1.93. The predicted octanol–water partition coefficient (Wildman–Crippen LogP) is 2.56. The summed E-state index contributed by atoms with van der Waals surface area (Å²) in [5.74, 6) is 0. The Kier molecular flexibility index (Phi) is 2.71. The minimum Gasteiger partial charge on any atom is -0.330 e. The number of nitrogens with two attached hydrogens (primary N) is 1. The van der Waals surface area contributed by atoms with Crippen molar-refractivity contribution >= 4 is 0 Å². The number of hydrogen-bond donors (Lipinski definition) is 1. The van der Waals surface area contributed by atoms with E-state index >= 15 is 0 Å². The van der Waals surface area contributed by atoms with E-state index in [0.29, 0.717) is 0 Å². The molecule has 0 unspecified atom stereocenters. The van der Waals surface area contributed by atoms with E-state index in [2.05, 4.69) is 42.5 Å². The molecular weight excluding hydrogens is 222 g/mol. The first-order chi connectivity index (χ1) is 8.73. The van der Waals surface area contributed by atoms with Crippen LogP contribution in [0.15, 0.2) is 36.7 Å². The molecule has 0 aliphatic heterocycles. The SMILES string of the molecule is Cc1cnn(-c2cccc(C3(CN)CCC3)c2)c1. The normalized spacial score (nSPS) is 17.4. The lowest BCUT2D eigenvalue weighted by Gasteiger charge is -2.41. The summed E-state index contributed by atoms with van der Waals surface area (Å²) in [5.41, 5.74) is 9.86. The second-order valence-corrected chi connectivity index (χ2v) is 5.35. The van der Waals surface area contributed by atoms with E-state index in [1.807, 2.05) is 10.9 Å². The van der Waals surface area contributed by atoms with Crippen LogP contribution in [0, 0.1) is 6.92 Å². The largest absolute Gasteiger partial charge is 0.330 e. The zero-order valence-corrected chi connectivity index (χ0v) is 10.8. The molecule has 94 valence electrons. The Morgan fingerprint density at radius 2 is 2.22 bits per heavy atom. The molecule has 0 bridgehead atoms. The number of nitrogens with zero attached hydrogens (tertiary/aromatic N) is 2. The molecule has 2 N–H and O–H groups in total. The van der Waals surface area contributed by atoms with Crippen molar-refractivity contribution in [3.63, 3.8) is 0 Å². The van der Waals surface area contributed by atoms with E-state index in [1.165, 1.54) is 30.4 Å². The lowest BCUT2D eigenvalue weighted by atomic mass is 9.64. The lowest BCUT2D eigenvalue weighted by Crippen LogP contribution is -2.41. The topological polar surface area (TPSA) is 43.8 Å². The van der Waals surface area contributed by atoms with E-state index in [-0.39, 0.29) is 5.41 Å². The standard InChI is InChI=1S/C15H19N3/c1-12-9-17-18(10-12)14-5-2-4-13(8-14)15(11-16)6-3-7-15/h2,4-5,8-10H,3,6-7,11,16H2,1H3. The molecule has 0 amide bonds. The first-order valence-corrected chi connectivity index (χ1v) is 6.56. The smallest absolute Gasteiger partial charge is 0.0648 e. The minimum absolute atomic E-state index is 0.220. The molecule has 1 aromatic carbocycles. The quantitative estimate of drug-likeness (QED) is 0.897. The summed E-state index contributed by atoms with van der Waals surface area (Å²) >= 11 is 0. The second-order valence-electron chi connectivity index (χ2n) is 5.35. The van der Waals surface area contributed by atoms with Gasteiger partial charge in [-0.05, 0) is 43.0 Å². The molecular formula is C15H19N3. The van der Waals surface area contributed by atoms with Crippen LogP contribution in [0.5, 0.6) is 0 Å². The maximum atomic E-state index is 5.97. The highest BCUT2D eigenvalue weighted by Gasteiger charge is 2.37. The van der Waals surface area contributed by atoms with Crippen LogP contribution in [-0.4, -0.2) is 16.3 Å². The summed E-state index contributed by atoms with van der Waals surface area (Å²) in [6.45, 7) is 2.80. The molecule has 1 aliphatic rings. The molecule has 1 fully saturated rings. The molecule has 0 atom stereocenters. The van der Waals surface area contributed by atoms with E-state index in [1.54, 1.807) is 0 Å². The maximum absolute atomic E-state index is 5.97. The molecule has 1 saturated carbocycles. The molecule has 0 spiro atoms. The molecule has 18 heavy (non-hydrogen) atoms. The Bertz CT molecular complexity index is 547. The fourth-order valence-corrected chi connectivity index (χ4v) is 2.75. The summed E-state index contributed by atoms with van der Waals surface area (Å²) in [5, 5.41) is 4.36. The first kappa shape index (κ1) is 11.5. The zero-order valence-electron chi connectivity index (χ0n) is 10.8. The van der Waals surface area contributed by atoms with Crippen molar-refractivity contribution in [2.75, 3.05) is 6.54 Å². The van der Waals surface area contributed by atoms with Crippen molar-refractivity contribution in [2.24, 2.45) is 5.73 Å². The monoisotopic (exact) mass is 241 g/mol. The molecule has 0 saturated heterocycles. The van der Waals surface area contributed by atoms with Crippen LogP contribution in [0.1, 0.15) is 30.4 Å². The number of aromatic nitrogens is 2. The van der Waals surface area contributed by atoms with Crippen LogP contribution in [0.2, 0.25) is 0 Å². The molecule has 1 aliphatic carbocycles. The Morgan fingerprint density at radius 3 is 2.78 bits per heavy atom. The van der Waals surface area contributed by atoms with Crippen molar-refractivity contribution < 1.29 is 0 Å². The van der Waals surface area contributed by atoms with Crippen molar-refractivity contribution in [1.29, 1.82) is 0 Å². The first-order valence-electron chi connectivity index (χ1n) is 6.56. The van der Waals surface area contributed by atoms with Crippen LogP contribution in [0.25, 0.3) is 5.69 Å². The van der Waals surface area contributed by atoms with Gasteiger partial charge in [0.25, 0.3) is 0 Å². The molecule has 2 aromatic rings. The minimum atomic E-state index is 0.220. The van der Waals surface area contributed by atoms with Gasteiger partial charge in [-0.3, -0.25) is 0 Å². The van der Waals surface area contributed by atoms with Gasteiger partial charge < -0.3 is 5.73 Å². The summed E-state index contributed by atoms with van der Waals surface area (Å²) in [7, 11) is 0. The van der Waals surface area contributed by atoms with Gasteiger partial charge in [0.15, 0.2) is 0 Å². The van der Waals surface area contributed by atoms with Crippen LogP contribution < -0.4 is 5.73 Å². The van der Waals surface area contributed by atoms with Gasteiger partial charge in [0.2, 0.25) is 0 Å². The van der Waals surface area contributed by atoms with Gasteiger partial charge in [-0.15, -0.1) is 0 Å².